The van der Waals surface area contributed by atoms with Gasteiger partial charge in [-0.3, -0.25) is 0 Å². The molecule has 0 spiro atoms. The van der Waals surface area contributed by atoms with Gasteiger partial charge in [-0.2, -0.15) is 0 Å². The number of rotatable bonds is 29. The van der Waals surface area contributed by atoms with E-state index in [0.29, 0.717) is 50.8 Å². The zero-order chi connectivity index (χ0) is 39.2. The van der Waals surface area contributed by atoms with Crippen molar-refractivity contribution in [3.8, 4) is 0 Å². The Labute approximate surface area is 345 Å². The van der Waals surface area contributed by atoms with E-state index in [-0.39, 0.29) is 11.8 Å². The smallest absolute Gasteiger partial charge is 0.104 e. The van der Waals surface area contributed by atoms with Crippen LogP contribution in [0.5, 0.6) is 0 Å². The highest BCUT2D eigenvalue weighted by Crippen LogP contribution is 2.43. The maximum Gasteiger partial charge on any atom is 0.104 e. The molecule has 0 saturated carbocycles. The highest BCUT2D eigenvalue weighted by atomic mass is 16.6. The van der Waals surface area contributed by atoms with E-state index in [1.165, 1.54) is 44.5 Å². The molecule has 4 fully saturated rings. The van der Waals surface area contributed by atoms with Crippen LogP contribution in [-0.4, -0.2) is 104 Å². The number of ether oxygens (including phenoxy) is 8. The average molecular weight is 791 g/mol. The molecule has 4 aliphatic rings. The van der Waals surface area contributed by atoms with Gasteiger partial charge in [-0.1, -0.05) is 97.1 Å². The second-order valence-electron chi connectivity index (χ2n) is 16.5. The number of benzene rings is 4. The lowest BCUT2D eigenvalue weighted by Crippen LogP contribution is -2.15. The monoisotopic (exact) mass is 790 g/mol. The molecule has 0 aromatic heterocycles. The van der Waals surface area contributed by atoms with E-state index >= 15 is 0 Å². The largest absolute Gasteiger partial charge is 0.379 e. The van der Waals surface area contributed by atoms with Crippen molar-refractivity contribution in [2.45, 2.75) is 87.6 Å². The van der Waals surface area contributed by atoms with Gasteiger partial charge in [-0.05, 0) is 95.9 Å². The molecule has 4 saturated heterocycles. The average Bonchev–Trinajstić information content (AvgIpc) is 4.05. The second kappa shape index (κ2) is 21.7. The SMILES string of the molecule is c1cc(C(c2ccc(CCCOCC3CO3)cc2)C(c2ccc(CCCOCC3CO3)cc2)c2ccc(CCCOCC3CO3)cc2)ccc1CCCOCC1CO1. The minimum absolute atomic E-state index is 0.111. The quantitative estimate of drug-likeness (QED) is 0.0404. The molecule has 310 valence electrons. The summed E-state index contributed by atoms with van der Waals surface area (Å²) in [5.41, 5.74) is 10.6. The molecule has 4 heterocycles. The third kappa shape index (κ3) is 13.8. The van der Waals surface area contributed by atoms with Gasteiger partial charge < -0.3 is 37.9 Å². The first-order valence-corrected chi connectivity index (χ1v) is 21.9. The molecule has 4 aromatic carbocycles. The van der Waals surface area contributed by atoms with Gasteiger partial charge in [0.2, 0.25) is 0 Å². The van der Waals surface area contributed by atoms with Crippen LogP contribution < -0.4 is 0 Å². The molecule has 4 unspecified atom stereocenters. The van der Waals surface area contributed by atoms with Crippen LogP contribution in [-0.2, 0) is 63.6 Å². The topological polar surface area (TPSA) is 87.0 Å². The second-order valence-corrected chi connectivity index (χ2v) is 16.5. The van der Waals surface area contributed by atoms with Gasteiger partial charge in [0.15, 0.2) is 0 Å². The number of hydrogen-bond acceptors (Lipinski definition) is 8. The van der Waals surface area contributed by atoms with Crippen molar-refractivity contribution < 1.29 is 37.9 Å². The fraction of sp³-hybridized carbons (Fsp3) is 0.520. The summed E-state index contributed by atoms with van der Waals surface area (Å²) in [7, 11) is 0. The van der Waals surface area contributed by atoms with E-state index in [4.69, 9.17) is 37.9 Å². The van der Waals surface area contributed by atoms with Gasteiger partial charge in [0.25, 0.3) is 0 Å². The molecule has 0 radical (unpaired) electrons. The van der Waals surface area contributed by atoms with Crippen molar-refractivity contribution in [2.24, 2.45) is 0 Å². The molecule has 4 aromatic rings. The summed E-state index contributed by atoms with van der Waals surface area (Å²) >= 11 is 0. The van der Waals surface area contributed by atoms with Crippen LogP contribution in [0.3, 0.4) is 0 Å². The molecule has 8 rings (SSSR count). The normalized spacial score (nSPS) is 21.4. The predicted molar refractivity (Wildman–Crippen MR) is 225 cm³/mol. The Morgan fingerprint density at radius 1 is 0.345 bits per heavy atom. The Morgan fingerprint density at radius 2 is 0.552 bits per heavy atom. The maximum atomic E-state index is 5.83. The van der Waals surface area contributed by atoms with Crippen LogP contribution in [0.25, 0.3) is 0 Å². The number of epoxide rings is 4. The summed E-state index contributed by atoms with van der Waals surface area (Å²) in [5, 5.41) is 0. The van der Waals surface area contributed by atoms with Crippen molar-refractivity contribution in [2.75, 3.05) is 79.3 Å². The van der Waals surface area contributed by atoms with Crippen molar-refractivity contribution in [1.82, 2.24) is 0 Å². The Morgan fingerprint density at radius 3 is 0.741 bits per heavy atom. The van der Waals surface area contributed by atoms with Gasteiger partial charge >= 0.3 is 0 Å². The summed E-state index contributed by atoms with van der Waals surface area (Å²) < 4.78 is 44.5. The first kappa shape index (κ1) is 41.3. The Balaban J connectivity index is 1.01. The van der Waals surface area contributed by atoms with E-state index in [2.05, 4.69) is 97.1 Å². The zero-order valence-corrected chi connectivity index (χ0v) is 34.1. The van der Waals surface area contributed by atoms with Gasteiger partial charge in [-0.15, -0.1) is 0 Å². The fourth-order valence-corrected chi connectivity index (χ4v) is 7.75. The molecule has 8 heteroatoms. The maximum absolute atomic E-state index is 5.83. The van der Waals surface area contributed by atoms with Gasteiger partial charge in [0.05, 0.1) is 52.9 Å². The minimum atomic E-state index is 0.111. The van der Waals surface area contributed by atoms with Crippen LogP contribution in [0.2, 0.25) is 0 Å². The first-order chi connectivity index (χ1) is 28.7. The summed E-state index contributed by atoms with van der Waals surface area (Å²) in [6.07, 6.45) is 9.22. The number of hydrogen-bond donors (Lipinski definition) is 0. The summed E-state index contributed by atoms with van der Waals surface area (Å²) in [6, 6.07) is 37.5. The summed E-state index contributed by atoms with van der Waals surface area (Å²) in [5.74, 6) is 0.222. The van der Waals surface area contributed by atoms with E-state index in [1.54, 1.807) is 0 Å². The Bertz CT molecular complexity index is 1500. The number of aryl methyl sites for hydroxylation is 4. The molecule has 0 N–H and O–H groups in total. The van der Waals surface area contributed by atoms with Gasteiger partial charge in [0.1, 0.15) is 24.4 Å². The van der Waals surface area contributed by atoms with E-state index < -0.39 is 0 Å². The van der Waals surface area contributed by atoms with E-state index in [1.807, 2.05) is 0 Å². The molecule has 0 aliphatic carbocycles. The minimum Gasteiger partial charge on any atom is -0.379 e. The molecule has 4 aliphatic heterocycles. The van der Waals surface area contributed by atoms with E-state index in [0.717, 1.165) is 104 Å². The standard InChI is InChI=1S/C50H62O8/c1(25-51-29-45-33-55-45)5-37-9-17-41(18-10-37)49(42-19-11-38(12-20-42)6-2-26-52-30-46-34-56-46)50(43-21-13-39(14-22-43)7-3-27-53-31-47-35-57-47)44-23-15-40(16-24-44)8-4-28-54-32-48-36-58-48/h9-24,45-50H,1-8,25-36H2. The molecule has 58 heavy (non-hydrogen) atoms. The molecule has 8 nitrogen and oxygen atoms in total. The third-order valence-electron chi connectivity index (χ3n) is 11.5. The predicted octanol–water partition coefficient (Wildman–Crippen LogP) is 8.04. The van der Waals surface area contributed by atoms with Crippen molar-refractivity contribution in [1.29, 1.82) is 0 Å². The Kier molecular flexibility index (Phi) is 15.5. The van der Waals surface area contributed by atoms with E-state index in [9.17, 15) is 0 Å². The molecule has 4 atom stereocenters. The third-order valence-corrected chi connectivity index (χ3v) is 11.5. The van der Waals surface area contributed by atoms with Crippen molar-refractivity contribution >= 4 is 0 Å². The van der Waals surface area contributed by atoms with Gasteiger partial charge in [-0.25, -0.2) is 0 Å². The highest BCUT2D eigenvalue weighted by Gasteiger charge is 2.29. The zero-order valence-electron chi connectivity index (χ0n) is 34.1. The van der Waals surface area contributed by atoms with Crippen LogP contribution in [0.4, 0.5) is 0 Å². The van der Waals surface area contributed by atoms with Crippen LogP contribution >= 0.6 is 0 Å². The molecule has 0 amide bonds. The molecule has 0 bridgehead atoms. The lowest BCUT2D eigenvalue weighted by molar-refractivity contribution is 0.114. The van der Waals surface area contributed by atoms with Crippen LogP contribution in [0.15, 0.2) is 97.1 Å². The lowest BCUT2D eigenvalue weighted by atomic mass is 9.73. The van der Waals surface area contributed by atoms with Gasteiger partial charge in [0, 0.05) is 38.3 Å². The van der Waals surface area contributed by atoms with Crippen LogP contribution in [0.1, 0.15) is 82.0 Å². The fourth-order valence-electron chi connectivity index (χ4n) is 7.75. The van der Waals surface area contributed by atoms with Crippen LogP contribution in [0, 0.1) is 0 Å². The summed E-state index contributed by atoms with van der Waals surface area (Å²) in [6.45, 7) is 9.23. The molecular formula is C50H62O8. The Hall–Kier alpha value is -3.44. The van der Waals surface area contributed by atoms with Crippen molar-refractivity contribution in [3.05, 3.63) is 142 Å². The summed E-state index contributed by atoms with van der Waals surface area (Å²) in [4.78, 5) is 0. The molecular weight excluding hydrogens is 729 g/mol. The van der Waals surface area contributed by atoms with Crippen molar-refractivity contribution in [3.63, 3.8) is 0 Å². The first-order valence-electron chi connectivity index (χ1n) is 21.9. The lowest BCUT2D eigenvalue weighted by Gasteiger charge is -2.30. The highest BCUT2D eigenvalue weighted by molar-refractivity contribution is 5.46.